The maximum absolute atomic E-state index is 12.6. The Morgan fingerprint density at radius 3 is 2.89 bits per heavy atom. The summed E-state index contributed by atoms with van der Waals surface area (Å²) in [6.45, 7) is 4.89. The predicted octanol–water partition coefficient (Wildman–Crippen LogP) is 3.22. The average molecular weight is 388 g/mol. The van der Waals surface area contributed by atoms with Crippen molar-refractivity contribution in [3.63, 3.8) is 0 Å². The van der Waals surface area contributed by atoms with Crippen molar-refractivity contribution in [2.75, 3.05) is 12.9 Å². The second kappa shape index (κ2) is 8.57. The highest BCUT2D eigenvalue weighted by atomic mass is 32.2. The number of rotatable bonds is 7. The van der Waals surface area contributed by atoms with Gasteiger partial charge in [0.05, 0.1) is 6.61 Å². The van der Waals surface area contributed by atoms with E-state index in [-0.39, 0.29) is 12.0 Å². The number of nitrogens with one attached hydrogen (secondary N) is 1. The molecule has 0 aliphatic carbocycles. The zero-order chi connectivity index (χ0) is 19.4. The van der Waals surface area contributed by atoms with Crippen molar-refractivity contribution < 1.29 is 18.5 Å². The molecule has 5 nitrogen and oxygen atoms in total. The van der Waals surface area contributed by atoms with E-state index in [0.717, 1.165) is 34.6 Å². The van der Waals surface area contributed by atoms with E-state index in [4.69, 9.17) is 9.47 Å². The topological polar surface area (TPSA) is 64.6 Å². The molecule has 6 heteroatoms. The molecule has 1 amide bonds. The Balaban J connectivity index is 1.73. The molecule has 2 unspecified atom stereocenters. The van der Waals surface area contributed by atoms with E-state index in [1.165, 1.54) is 0 Å². The second-order valence-electron chi connectivity index (χ2n) is 6.73. The highest BCUT2D eigenvalue weighted by molar-refractivity contribution is 7.83. The van der Waals surface area contributed by atoms with Crippen molar-refractivity contribution in [1.82, 2.24) is 5.32 Å². The fourth-order valence-corrected chi connectivity index (χ4v) is 3.87. The van der Waals surface area contributed by atoms with Gasteiger partial charge in [0.2, 0.25) is 0 Å². The molecule has 1 aliphatic rings. The molecule has 0 saturated carbocycles. The molecule has 3 rings (SSSR count). The minimum Gasteiger partial charge on any atom is -0.494 e. The van der Waals surface area contributed by atoms with E-state index < -0.39 is 10.8 Å². The third-order valence-electron chi connectivity index (χ3n) is 4.38. The molecule has 1 heterocycles. The van der Waals surface area contributed by atoms with Gasteiger partial charge in [-0.2, -0.15) is 0 Å². The minimum atomic E-state index is -0.942. The summed E-state index contributed by atoms with van der Waals surface area (Å²) in [5.41, 5.74) is 3.48. The lowest BCUT2D eigenvalue weighted by Crippen LogP contribution is -2.23. The Bertz CT molecular complexity index is 865. The van der Waals surface area contributed by atoms with Crippen LogP contribution in [-0.2, 0) is 29.5 Å². The van der Waals surface area contributed by atoms with Crippen LogP contribution < -0.4 is 14.8 Å². The Morgan fingerprint density at radius 1 is 1.33 bits per heavy atom. The van der Waals surface area contributed by atoms with E-state index in [1.54, 1.807) is 18.4 Å². The molecule has 1 aliphatic heterocycles. The van der Waals surface area contributed by atoms with Gasteiger partial charge >= 0.3 is 0 Å². The molecule has 2 aromatic rings. The molecule has 0 saturated heterocycles. The van der Waals surface area contributed by atoms with Gasteiger partial charge in [-0.1, -0.05) is 12.1 Å². The van der Waals surface area contributed by atoms with Crippen molar-refractivity contribution in [1.29, 1.82) is 0 Å². The van der Waals surface area contributed by atoms with Crippen molar-refractivity contribution in [3.8, 4) is 11.5 Å². The van der Waals surface area contributed by atoms with E-state index in [0.29, 0.717) is 24.5 Å². The zero-order valence-electron chi connectivity index (χ0n) is 15.9. The molecule has 1 N–H and O–H groups in total. The Kier molecular flexibility index (Phi) is 6.16. The summed E-state index contributed by atoms with van der Waals surface area (Å²) in [4.78, 5) is 12.6. The van der Waals surface area contributed by atoms with Gasteiger partial charge in [0.15, 0.2) is 0 Å². The third-order valence-corrected chi connectivity index (χ3v) is 5.12. The summed E-state index contributed by atoms with van der Waals surface area (Å²) in [6, 6.07) is 11.2. The summed E-state index contributed by atoms with van der Waals surface area (Å²) in [7, 11) is -0.942. The summed E-state index contributed by atoms with van der Waals surface area (Å²) >= 11 is 0. The molecule has 144 valence electrons. The molecule has 0 radical (unpaired) electrons. The van der Waals surface area contributed by atoms with Gasteiger partial charge in [-0.15, -0.1) is 0 Å². The lowest BCUT2D eigenvalue weighted by Gasteiger charge is -2.13. The summed E-state index contributed by atoms with van der Waals surface area (Å²) in [5, 5.41) is 2.95. The van der Waals surface area contributed by atoms with Crippen molar-refractivity contribution >= 4 is 16.7 Å². The first-order valence-electron chi connectivity index (χ1n) is 9.08. The fourth-order valence-electron chi connectivity index (χ4n) is 3.22. The monoisotopic (exact) mass is 387 g/mol. The number of fused-ring (bicyclic) bond motifs is 1. The quantitative estimate of drug-likeness (QED) is 0.792. The number of carbonyl (C=O) groups is 1. The summed E-state index contributed by atoms with van der Waals surface area (Å²) in [6.07, 6.45) is 2.68. The first-order valence-corrected chi connectivity index (χ1v) is 10.8. The maximum atomic E-state index is 12.6. The van der Waals surface area contributed by atoms with Gasteiger partial charge in [-0.05, 0) is 43.7 Å². The molecule has 0 bridgehead atoms. The lowest BCUT2D eigenvalue weighted by atomic mass is 10.1. The molecular formula is C21H25NO4S. The van der Waals surface area contributed by atoms with E-state index in [1.807, 2.05) is 38.1 Å². The first-order chi connectivity index (χ1) is 13.0. The minimum absolute atomic E-state index is 0.158. The number of carbonyl (C=O) groups excluding carboxylic acids is 1. The van der Waals surface area contributed by atoms with E-state index >= 15 is 0 Å². The molecule has 2 aromatic carbocycles. The average Bonchev–Trinajstić information content (AvgIpc) is 2.98. The highest BCUT2D eigenvalue weighted by Crippen LogP contribution is 2.35. The maximum Gasteiger partial charge on any atom is 0.251 e. The largest absolute Gasteiger partial charge is 0.494 e. The van der Waals surface area contributed by atoms with E-state index in [2.05, 4.69) is 5.32 Å². The van der Waals surface area contributed by atoms with Crippen LogP contribution in [0.15, 0.2) is 36.4 Å². The van der Waals surface area contributed by atoms with Crippen LogP contribution in [0.1, 0.15) is 40.9 Å². The number of benzene rings is 2. The van der Waals surface area contributed by atoms with Gasteiger partial charge in [0.25, 0.3) is 5.91 Å². The number of hydrogen-bond donors (Lipinski definition) is 1. The van der Waals surface area contributed by atoms with Crippen molar-refractivity contribution in [2.45, 2.75) is 38.7 Å². The number of ether oxygens (including phenoxy) is 2. The summed E-state index contributed by atoms with van der Waals surface area (Å²) in [5.74, 6) is 1.92. The van der Waals surface area contributed by atoms with Crippen LogP contribution in [0.5, 0.6) is 11.5 Å². The second-order valence-corrected chi connectivity index (χ2v) is 8.17. The Hall–Kier alpha value is -2.34. The van der Waals surface area contributed by atoms with Gasteiger partial charge < -0.3 is 14.8 Å². The SMILES string of the molecule is CCOc1cc2c(cc1CNC(=O)c1cccc(CS(C)=O)c1)OC(C)C2. The number of hydrogen-bond acceptors (Lipinski definition) is 4. The highest BCUT2D eigenvalue weighted by Gasteiger charge is 2.22. The van der Waals surface area contributed by atoms with Crippen LogP contribution in [0.3, 0.4) is 0 Å². The van der Waals surface area contributed by atoms with Crippen LogP contribution in [-0.4, -0.2) is 29.1 Å². The molecule has 27 heavy (non-hydrogen) atoms. The van der Waals surface area contributed by atoms with Crippen LogP contribution in [0.2, 0.25) is 0 Å². The fraction of sp³-hybridized carbons (Fsp3) is 0.381. The van der Waals surface area contributed by atoms with Crippen molar-refractivity contribution in [3.05, 3.63) is 58.7 Å². The van der Waals surface area contributed by atoms with E-state index in [9.17, 15) is 9.00 Å². The third kappa shape index (κ3) is 4.89. The van der Waals surface area contributed by atoms with Crippen LogP contribution in [0, 0.1) is 0 Å². The molecule has 0 fully saturated rings. The van der Waals surface area contributed by atoms with Crippen LogP contribution >= 0.6 is 0 Å². The molecule has 2 atom stereocenters. The van der Waals surface area contributed by atoms with Gasteiger partial charge in [0, 0.05) is 52.5 Å². The Labute approximate surface area is 162 Å². The van der Waals surface area contributed by atoms with Gasteiger partial charge in [-0.25, -0.2) is 0 Å². The van der Waals surface area contributed by atoms with Crippen LogP contribution in [0.4, 0.5) is 0 Å². The molecule has 0 spiro atoms. The van der Waals surface area contributed by atoms with Crippen LogP contribution in [0.25, 0.3) is 0 Å². The predicted molar refractivity (Wildman–Crippen MR) is 107 cm³/mol. The lowest BCUT2D eigenvalue weighted by molar-refractivity contribution is 0.0950. The normalized spacial score (nSPS) is 16.3. The van der Waals surface area contributed by atoms with Gasteiger partial charge in [-0.3, -0.25) is 9.00 Å². The van der Waals surface area contributed by atoms with Gasteiger partial charge in [0.1, 0.15) is 17.6 Å². The number of amides is 1. The first kappa shape index (κ1) is 19.4. The Morgan fingerprint density at radius 2 is 2.15 bits per heavy atom. The summed E-state index contributed by atoms with van der Waals surface area (Å²) < 4.78 is 23.0. The molecular weight excluding hydrogens is 362 g/mol. The smallest absolute Gasteiger partial charge is 0.251 e. The standard InChI is InChI=1S/C21H25NO4S/c1-4-25-19-10-17-8-14(2)26-20(17)11-18(19)12-22-21(23)16-7-5-6-15(9-16)13-27(3)24/h5-7,9-11,14H,4,8,12-13H2,1-3H3,(H,22,23). The molecule has 0 aromatic heterocycles. The van der Waals surface area contributed by atoms with Crippen molar-refractivity contribution in [2.24, 2.45) is 0 Å². The zero-order valence-corrected chi connectivity index (χ0v) is 16.7.